The highest BCUT2D eigenvalue weighted by molar-refractivity contribution is 5.74. The van der Waals surface area contributed by atoms with Crippen molar-refractivity contribution in [3.8, 4) is 5.75 Å². The molecule has 0 aliphatic carbocycles. The number of hydrogen-bond acceptors (Lipinski definition) is 3. The number of methoxy groups -OCH3 is 1. The van der Waals surface area contributed by atoms with Gasteiger partial charge in [-0.3, -0.25) is 0 Å². The van der Waals surface area contributed by atoms with Gasteiger partial charge in [-0.25, -0.2) is 4.79 Å². The quantitative estimate of drug-likeness (QED) is 0.776. The van der Waals surface area contributed by atoms with Crippen LogP contribution in [-0.2, 0) is 6.42 Å². The van der Waals surface area contributed by atoms with Crippen molar-refractivity contribution in [3.63, 3.8) is 0 Å². The van der Waals surface area contributed by atoms with Crippen molar-refractivity contribution in [1.29, 1.82) is 0 Å². The lowest BCUT2D eigenvalue weighted by atomic mass is 10.1. The van der Waals surface area contributed by atoms with E-state index in [-0.39, 0.29) is 12.1 Å². The molecule has 0 bridgehead atoms. The molecule has 134 valence electrons. The van der Waals surface area contributed by atoms with E-state index in [0.717, 1.165) is 29.8 Å². The number of nitrogens with one attached hydrogen (secondary N) is 2. The van der Waals surface area contributed by atoms with Crippen LogP contribution in [0.4, 0.5) is 4.79 Å². The molecule has 0 spiro atoms. The van der Waals surface area contributed by atoms with Crippen LogP contribution in [-0.4, -0.2) is 45.2 Å². The topological polar surface area (TPSA) is 53.6 Å². The van der Waals surface area contributed by atoms with Gasteiger partial charge in [0.15, 0.2) is 0 Å². The molecule has 0 radical (unpaired) electrons. The number of hydrogen-bond donors (Lipinski definition) is 2. The van der Waals surface area contributed by atoms with Crippen LogP contribution in [0.3, 0.4) is 0 Å². The fourth-order valence-corrected chi connectivity index (χ4v) is 2.61. The monoisotopic (exact) mass is 341 g/mol. The molecule has 1 atom stereocenters. The number of likely N-dealkylation sites (N-methyl/N-ethyl adjacent to an activating group) is 1. The third kappa shape index (κ3) is 6.47. The van der Waals surface area contributed by atoms with Crippen molar-refractivity contribution in [2.24, 2.45) is 0 Å². The van der Waals surface area contributed by atoms with Crippen molar-refractivity contribution in [2.45, 2.75) is 12.5 Å². The molecule has 5 nitrogen and oxygen atoms in total. The lowest BCUT2D eigenvalue weighted by molar-refractivity contribution is 0.233. The van der Waals surface area contributed by atoms with Crippen LogP contribution in [0.1, 0.15) is 17.2 Å². The number of nitrogens with zero attached hydrogens (tertiary/aromatic N) is 1. The van der Waals surface area contributed by atoms with Crippen molar-refractivity contribution in [1.82, 2.24) is 15.5 Å². The predicted octanol–water partition coefficient (Wildman–Crippen LogP) is 2.84. The molecule has 0 heterocycles. The standard InChI is InChI=1S/C20H27N3O2/c1-23(2)15-19(17-7-5-4-6-8-17)22-20(24)21-14-13-16-9-11-18(25-3)12-10-16/h4-12,19H,13-15H2,1-3H3,(H2,21,22,24). The molecule has 0 saturated carbocycles. The van der Waals surface area contributed by atoms with Gasteiger partial charge in [0.05, 0.1) is 13.2 Å². The van der Waals surface area contributed by atoms with Gasteiger partial charge in [0.2, 0.25) is 0 Å². The molecule has 1 unspecified atom stereocenters. The zero-order valence-corrected chi connectivity index (χ0v) is 15.2. The first-order valence-corrected chi connectivity index (χ1v) is 8.45. The van der Waals surface area contributed by atoms with Crippen LogP contribution >= 0.6 is 0 Å². The Bertz CT molecular complexity index is 642. The molecule has 0 aliphatic heterocycles. The second kappa shape index (κ2) is 9.69. The van der Waals surface area contributed by atoms with Crippen LogP contribution in [0.25, 0.3) is 0 Å². The summed E-state index contributed by atoms with van der Waals surface area (Å²) in [6.07, 6.45) is 0.779. The van der Waals surface area contributed by atoms with Gasteiger partial charge in [-0.2, -0.15) is 0 Å². The Morgan fingerprint density at radius 2 is 1.76 bits per heavy atom. The maximum absolute atomic E-state index is 12.2. The van der Waals surface area contributed by atoms with E-state index in [9.17, 15) is 4.79 Å². The van der Waals surface area contributed by atoms with E-state index >= 15 is 0 Å². The van der Waals surface area contributed by atoms with E-state index in [1.165, 1.54) is 0 Å². The van der Waals surface area contributed by atoms with Gasteiger partial charge in [0.25, 0.3) is 0 Å². The second-order valence-corrected chi connectivity index (χ2v) is 6.22. The Morgan fingerprint density at radius 1 is 1.08 bits per heavy atom. The smallest absolute Gasteiger partial charge is 0.315 e. The van der Waals surface area contributed by atoms with Crippen molar-refractivity contribution in [3.05, 3.63) is 65.7 Å². The fraction of sp³-hybridized carbons (Fsp3) is 0.350. The first-order valence-electron chi connectivity index (χ1n) is 8.45. The molecule has 2 N–H and O–H groups in total. The Hall–Kier alpha value is -2.53. The first-order chi connectivity index (χ1) is 12.1. The molecule has 2 aromatic rings. The highest BCUT2D eigenvalue weighted by Gasteiger charge is 2.14. The highest BCUT2D eigenvalue weighted by atomic mass is 16.5. The summed E-state index contributed by atoms with van der Waals surface area (Å²) in [5.74, 6) is 0.837. The summed E-state index contributed by atoms with van der Waals surface area (Å²) in [6.45, 7) is 1.33. The summed E-state index contributed by atoms with van der Waals surface area (Å²) in [4.78, 5) is 14.3. The minimum Gasteiger partial charge on any atom is -0.497 e. The number of amides is 2. The molecule has 2 amide bonds. The van der Waals surface area contributed by atoms with Crippen LogP contribution < -0.4 is 15.4 Å². The predicted molar refractivity (Wildman–Crippen MR) is 101 cm³/mol. The molecule has 0 fully saturated rings. The number of benzene rings is 2. The van der Waals surface area contributed by atoms with Gasteiger partial charge in [0, 0.05) is 13.1 Å². The van der Waals surface area contributed by atoms with E-state index < -0.39 is 0 Å². The average Bonchev–Trinajstić information content (AvgIpc) is 2.62. The van der Waals surface area contributed by atoms with Crippen molar-refractivity contribution in [2.75, 3.05) is 34.3 Å². The number of urea groups is 1. The summed E-state index contributed by atoms with van der Waals surface area (Å²) in [6, 6.07) is 17.7. The molecule has 0 aliphatic rings. The molecular weight excluding hydrogens is 314 g/mol. The molecular formula is C20H27N3O2. The summed E-state index contributed by atoms with van der Waals surface area (Å²) in [7, 11) is 5.65. The Labute approximate surface area is 150 Å². The van der Waals surface area contributed by atoms with Gasteiger partial charge in [-0.05, 0) is 43.8 Å². The SMILES string of the molecule is COc1ccc(CCNC(=O)NC(CN(C)C)c2ccccc2)cc1. The third-order valence-corrected chi connectivity index (χ3v) is 3.91. The lowest BCUT2D eigenvalue weighted by Crippen LogP contribution is -2.42. The van der Waals surface area contributed by atoms with E-state index in [0.29, 0.717) is 6.54 Å². The van der Waals surface area contributed by atoms with Crippen molar-refractivity contribution < 1.29 is 9.53 Å². The number of ether oxygens (including phenoxy) is 1. The first kappa shape index (κ1) is 18.8. The molecule has 0 saturated heterocycles. The third-order valence-electron chi connectivity index (χ3n) is 3.91. The van der Waals surface area contributed by atoms with Crippen LogP contribution in [0, 0.1) is 0 Å². The van der Waals surface area contributed by atoms with E-state index in [1.807, 2.05) is 68.7 Å². The highest BCUT2D eigenvalue weighted by Crippen LogP contribution is 2.13. The maximum Gasteiger partial charge on any atom is 0.315 e. The van der Waals surface area contributed by atoms with Gasteiger partial charge in [0.1, 0.15) is 5.75 Å². The van der Waals surface area contributed by atoms with E-state index in [4.69, 9.17) is 4.74 Å². The minimum absolute atomic E-state index is 0.0443. The van der Waals surface area contributed by atoms with Crippen molar-refractivity contribution >= 4 is 6.03 Å². The molecule has 25 heavy (non-hydrogen) atoms. The van der Waals surface area contributed by atoms with E-state index in [1.54, 1.807) is 7.11 Å². The number of carbonyl (C=O) groups is 1. The Kier molecular flexibility index (Phi) is 7.29. The maximum atomic E-state index is 12.2. The van der Waals surface area contributed by atoms with E-state index in [2.05, 4.69) is 15.5 Å². The van der Waals surface area contributed by atoms with Gasteiger partial charge in [-0.1, -0.05) is 42.5 Å². The van der Waals surface area contributed by atoms with Gasteiger partial charge < -0.3 is 20.3 Å². The minimum atomic E-state index is -0.149. The number of carbonyl (C=O) groups excluding carboxylic acids is 1. The lowest BCUT2D eigenvalue weighted by Gasteiger charge is -2.23. The molecule has 0 aromatic heterocycles. The van der Waals surface area contributed by atoms with Crippen LogP contribution in [0.5, 0.6) is 5.75 Å². The normalized spacial score (nSPS) is 11.8. The average molecular weight is 341 g/mol. The number of rotatable bonds is 8. The Balaban J connectivity index is 1.83. The molecule has 2 rings (SSSR count). The molecule has 5 heteroatoms. The molecule has 2 aromatic carbocycles. The van der Waals surface area contributed by atoms with Gasteiger partial charge >= 0.3 is 6.03 Å². The van der Waals surface area contributed by atoms with Gasteiger partial charge in [-0.15, -0.1) is 0 Å². The Morgan fingerprint density at radius 3 is 2.36 bits per heavy atom. The zero-order valence-electron chi connectivity index (χ0n) is 15.2. The largest absolute Gasteiger partial charge is 0.497 e. The van der Waals surface area contributed by atoms with Crippen LogP contribution in [0.2, 0.25) is 0 Å². The second-order valence-electron chi connectivity index (χ2n) is 6.22. The summed E-state index contributed by atoms with van der Waals surface area (Å²) in [5.41, 5.74) is 2.26. The summed E-state index contributed by atoms with van der Waals surface area (Å²) >= 11 is 0. The van der Waals surface area contributed by atoms with Crippen LogP contribution in [0.15, 0.2) is 54.6 Å². The summed E-state index contributed by atoms with van der Waals surface area (Å²) < 4.78 is 5.15. The zero-order chi connectivity index (χ0) is 18.1. The fourth-order valence-electron chi connectivity index (χ4n) is 2.61. The summed E-state index contributed by atoms with van der Waals surface area (Å²) in [5, 5.41) is 5.99.